The van der Waals surface area contributed by atoms with Crippen molar-refractivity contribution in [3.05, 3.63) is 29.3 Å². The largest absolute Gasteiger partial charge is 0.542 e. The molecular formula is C19H32O2Si. The lowest BCUT2D eigenvalue weighted by Gasteiger charge is -2.43. The maximum absolute atomic E-state index is 11.1. The summed E-state index contributed by atoms with van der Waals surface area (Å²) in [4.78, 5) is 11.1. The van der Waals surface area contributed by atoms with Crippen molar-refractivity contribution in [1.29, 1.82) is 0 Å². The first-order valence-electron chi connectivity index (χ1n) is 8.44. The lowest BCUT2D eigenvalue weighted by molar-refractivity contribution is 0.112. The van der Waals surface area contributed by atoms with E-state index < -0.39 is 8.32 Å². The second kappa shape index (κ2) is 7.45. The fourth-order valence-electron chi connectivity index (χ4n) is 3.73. The van der Waals surface area contributed by atoms with Crippen molar-refractivity contribution in [2.45, 2.75) is 77.9 Å². The van der Waals surface area contributed by atoms with Crippen molar-refractivity contribution in [1.82, 2.24) is 0 Å². The molecule has 0 amide bonds. The number of rotatable bonds is 7. The molecule has 2 nitrogen and oxygen atoms in total. The number of benzene rings is 1. The van der Waals surface area contributed by atoms with E-state index in [1.807, 2.05) is 18.2 Å². The van der Waals surface area contributed by atoms with Crippen molar-refractivity contribution in [2.75, 3.05) is 0 Å². The monoisotopic (exact) mass is 320 g/mol. The zero-order chi connectivity index (χ0) is 17.1. The molecule has 0 aliphatic carbocycles. The first-order valence-corrected chi connectivity index (χ1v) is 10.6. The molecule has 0 N–H and O–H groups in total. The summed E-state index contributed by atoms with van der Waals surface area (Å²) in [7, 11) is -1.96. The third kappa shape index (κ3) is 3.62. The topological polar surface area (TPSA) is 26.3 Å². The molecule has 0 atom stereocenters. The number of carbonyl (C=O) groups excluding carboxylic acids is 1. The van der Waals surface area contributed by atoms with Gasteiger partial charge in [0.05, 0.1) is 0 Å². The summed E-state index contributed by atoms with van der Waals surface area (Å²) in [5.41, 5.74) is 3.49. The van der Waals surface area contributed by atoms with Crippen LogP contribution in [0.4, 0.5) is 0 Å². The average Bonchev–Trinajstić information content (AvgIpc) is 2.43. The first kappa shape index (κ1) is 19.0. The lowest BCUT2D eigenvalue weighted by Crippen LogP contribution is -2.50. The van der Waals surface area contributed by atoms with Gasteiger partial charge in [-0.25, -0.2) is 0 Å². The molecule has 1 aromatic carbocycles. The summed E-state index contributed by atoms with van der Waals surface area (Å²) in [6.45, 7) is 18.1. The molecule has 0 saturated carbocycles. The van der Waals surface area contributed by atoms with E-state index in [4.69, 9.17) is 4.43 Å². The van der Waals surface area contributed by atoms with Gasteiger partial charge in [-0.2, -0.15) is 0 Å². The molecular weight excluding hydrogens is 288 g/mol. The standard InChI is InChI=1S/C19H32O2Si/c1-13(2)18-11-17(12-20)9-10-19(18)21-22(14(3)4,15(5)6)16(7)8/h9-16H,1-8H3. The van der Waals surface area contributed by atoms with E-state index in [1.165, 1.54) is 0 Å². The highest BCUT2D eigenvalue weighted by atomic mass is 28.4. The first-order chi connectivity index (χ1) is 10.2. The number of hydrogen-bond donors (Lipinski definition) is 0. The number of hydrogen-bond acceptors (Lipinski definition) is 2. The van der Waals surface area contributed by atoms with Crippen LogP contribution in [-0.4, -0.2) is 14.6 Å². The van der Waals surface area contributed by atoms with Gasteiger partial charge in [-0.3, -0.25) is 4.79 Å². The zero-order valence-electron chi connectivity index (χ0n) is 15.4. The highest BCUT2D eigenvalue weighted by Gasteiger charge is 2.47. The summed E-state index contributed by atoms with van der Waals surface area (Å²) in [5.74, 6) is 1.32. The van der Waals surface area contributed by atoms with Crippen LogP contribution in [0.3, 0.4) is 0 Å². The summed E-state index contributed by atoms with van der Waals surface area (Å²) in [6.07, 6.45) is 0.910. The van der Waals surface area contributed by atoms with E-state index in [-0.39, 0.29) is 0 Å². The fraction of sp³-hybridized carbons (Fsp3) is 0.632. The van der Waals surface area contributed by atoms with E-state index >= 15 is 0 Å². The third-order valence-electron chi connectivity index (χ3n) is 4.79. The number of carbonyl (C=O) groups is 1. The molecule has 0 fully saturated rings. The van der Waals surface area contributed by atoms with Gasteiger partial charge >= 0.3 is 0 Å². The van der Waals surface area contributed by atoms with Gasteiger partial charge in [-0.05, 0) is 46.3 Å². The van der Waals surface area contributed by atoms with Crippen LogP contribution < -0.4 is 4.43 Å². The van der Waals surface area contributed by atoms with Gasteiger partial charge in [0, 0.05) is 5.56 Å². The second-order valence-electron chi connectivity index (χ2n) is 7.49. The van der Waals surface area contributed by atoms with Crippen LogP contribution in [-0.2, 0) is 0 Å². The van der Waals surface area contributed by atoms with Gasteiger partial charge in [0.1, 0.15) is 12.0 Å². The van der Waals surface area contributed by atoms with E-state index in [9.17, 15) is 4.79 Å². The Morgan fingerprint density at radius 2 is 1.41 bits per heavy atom. The van der Waals surface area contributed by atoms with Crippen LogP contribution in [0.5, 0.6) is 5.75 Å². The summed E-state index contributed by atoms with van der Waals surface area (Å²) in [6, 6.07) is 5.84. The van der Waals surface area contributed by atoms with Crippen molar-refractivity contribution in [3.8, 4) is 5.75 Å². The van der Waals surface area contributed by atoms with Crippen LogP contribution in [0.2, 0.25) is 16.6 Å². The fourth-order valence-corrected chi connectivity index (χ4v) is 9.00. The SMILES string of the molecule is CC(C)c1cc(C=O)ccc1O[Si](C(C)C)(C(C)C)C(C)C. The van der Waals surface area contributed by atoms with Crippen LogP contribution in [0.15, 0.2) is 18.2 Å². The van der Waals surface area contributed by atoms with Gasteiger partial charge in [-0.15, -0.1) is 0 Å². The van der Waals surface area contributed by atoms with E-state index in [1.54, 1.807) is 0 Å². The van der Waals surface area contributed by atoms with E-state index in [0.29, 0.717) is 22.5 Å². The van der Waals surface area contributed by atoms with E-state index in [0.717, 1.165) is 23.2 Å². The number of aldehydes is 1. The predicted octanol–water partition coefficient (Wildman–Crippen LogP) is 6.18. The highest BCUT2D eigenvalue weighted by molar-refractivity contribution is 6.78. The Balaban J connectivity index is 3.38. The van der Waals surface area contributed by atoms with E-state index in [2.05, 4.69) is 55.4 Å². The quantitative estimate of drug-likeness (QED) is 0.443. The van der Waals surface area contributed by atoms with Gasteiger partial charge in [-0.1, -0.05) is 55.4 Å². The second-order valence-corrected chi connectivity index (χ2v) is 12.9. The minimum Gasteiger partial charge on any atom is -0.542 e. The Kier molecular flexibility index (Phi) is 6.42. The predicted molar refractivity (Wildman–Crippen MR) is 97.6 cm³/mol. The molecule has 0 unspecified atom stereocenters. The molecule has 0 radical (unpaired) electrons. The van der Waals surface area contributed by atoms with Gasteiger partial charge in [0.15, 0.2) is 0 Å². The summed E-state index contributed by atoms with van der Waals surface area (Å²) >= 11 is 0. The molecule has 22 heavy (non-hydrogen) atoms. The molecule has 0 aromatic heterocycles. The molecule has 0 aliphatic rings. The van der Waals surface area contributed by atoms with Gasteiger partial charge in [0.25, 0.3) is 8.32 Å². The molecule has 1 rings (SSSR count). The Morgan fingerprint density at radius 3 is 1.77 bits per heavy atom. The van der Waals surface area contributed by atoms with Gasteiger partial charge < -0.3 is 4.43 Å². The van der Waals surface area contributed by atoms with Crippen molar-refractivity contribution in [2.24, 2.45) is 0 Å². The Hall–Kier alpha value is -1.09. The van der Waals surface area contributed by atoms with Crippen LogP contribution in [0.25, 0.3) is 0 Å². The molecule has 1 aromatic rings. The maximum atomic E-state index is 11.1. The van der Waals surface area contributed by atoms with Crippen LogP contribution in [0.1, 0.15) is 77.2 Å². The van der Waals surface area contributed by atoms with Crippen LogP contribution >= 0.6 is 0 Å². The van der Waals surface area contributed by atoms with Gasteiger partial charge in [0.2, 0.25) is 0 Å². The zero-order valence-corrected chi connectivity index (χ0v) is 16.4. The van der Waals surface area contributed by atoms with Crippen molar-refractivity contribution < 1.29 is 9.22 Å². The summed E-state index contributed by atoms with van der Waals surface area (Å²) in [5, 5.41) is 0. The maximum Gasteiger partial charge on any atom is 0.258 e. The van der Waals surface area contributed by atoms with Crippen LogP contribution in [0, 0.1) is 0 Å². The van der Waals surface area contributed by atoms with Crippen molar-refractivity contribution >= 4 is 14.6 Å². The average molecular weight is 321 g/mol. The molecule has 3 heteroatoms. The molecule has 0 heterocycles. The smallest absolute Gasteiger partial charge is 0.258 e. The molecule has 0 saturated heterocycles. The summed E-state index contributed by atoms with van der Waals surface area (Å²) < 4.78 is 6.80. The Labute approximate surface area is 137 Å². The molecule has 0 bridgehead atoms. The molecule has 0 aliphatic heterocycles. The minimum absolute atomic E-state index is 0.341. The lowest BCUT2D eigenvalue weighted by atomic mass is 10.0. The Bertz CT molecular complexity index is 482. The highest BCUT2D eigenvalue weighted by Crippen LogP contribution is 2.44. The minimum atomic E-state index is -1.96. The Morgan fingerprint density at radius 1 is 0.909 bits per heavy atom. The van der Waals surface area contributed by atoms with Crippen molar-refractivity contribution in [3.63, 3.8) is 0 Å². The molecule has 0 spiro atoms. The normalized spacial score (nSPS) is 12.5. The molecule has 124 valence electrons. The third-order valence-corrected chi connectivity index (χ3v) is 10.8.